The number of carbonyl (C=O) groups is 1. The molecule has 17 unspecified atom stereocenters. The van der Waals surface area contributed by atoms with Gasteiger partial charge in [0.2, 0.25) is 5.91 Å². The second kappa shape index (κ2) is 36.9. The third-order valence-corrected chi connectivity index (χ3v) is 13.4. The van der Waals surface area contributed by atoms with Crippen molar-refractivity contribution in [1.82, 2.24) is 5.32 Å². The summed E-state index contributed by atoms with van der Waals surface area (Å²) in [5, 5.41) is 119. The highest BCUT2D eigenvalue weighted by Gasteiger charge is 2.53. The average molecular weight is 1020 g/mol. The summed E-state index contributed by atoms with van der Waals surface area (Å²) in [6.45, 7) is 1.58. The first kappa shape index (κ1) is 63.3. The van der Waals surface area contributed by atoms with Crippen LogP contribution in [-0.2, 0) is 33.2 Å². The van der Waals surface area contributed by atoms with Crippen LogP contribution in [0.2, 0.25) is 0 Å². The van der Waals surface area contributed by atoms with Gasteiger partial charge in [-0.15, -0.1) is 0 Å². The van der Waals surface area contributed by atoms with Crippen LogP contribution in [0.25, 0.3) is 0 Å². The fourth-order valence-corrected chi connectivity index (χ4v) is 8.93. The highest BCUT2D eigenvalue weighted by molar-refractivity contribution is 5.76. The highest BCUT2D eigenvalue weighted by atomic mass is 16.8. The Hall–Kier alpha value is -1.99. The molecule has 0 aromatic heterocycles. The minimum Gasteiger partial charge on any atom is -0.394 e. The van der Waals surface area contributed by atoms with E-state index in [2.05, 4.69) is 43.5 Å². The van der Waals surface area contributed by atoms with Gasteiger partial charge in [0, 0.05) is 6.42 Å². The van der Waals surface area contributed by atoms with Gasteiger partial charge in [-0.1, -0.05) is 140 Å². The minimum atomic E-state index is -1.98. The molecule has 0 saturated carbocycles. The Morgan fingerprint density at radius 3 is 1.41 bits per heavy atom. The van der Waals surface area contributed by atoms with E-state index in [-0.39, 0.29) is 18.9 Å². The molecule has 1 amide bonds. The lowest BCUT2D eigenvalue weighted by Gasteiger charge is -2.48. The van der Waals surface area contributed by atoms with Gasteiger partial charge in [0.15, 0.2) is 18.9 Å². The first-order valence-electron chi connectivity index (χ1n) is 26.7. The Bertz CT molecular complexity index is 1450. The van der Waals surface area contributed by atoms with Crippen LogP contribution in [0.15, 0.2) is 36.5 Å². The maximum absolute atomic E-state index is 13.1. The number of allylic oxidation sites excluding steroid dienone is 5. The van der Waals surface area contributed by atoms with E-state index in [0.29, 0.717) is 12.8 Å². The number of hydrogen-bond donors (Lipinski definition) is 12. The number of amides is 1. The van der Waals surface area contributed by atoms with Crippen LogP contribution in [0.5, 0.6) is 0 Å². The third kappa shape index (κ3) is 22.4. The maximum Gasteiger partial charge on any atom is 0.220 e. The lowest BCUT2D eigenvalue weighted by atomic mass is 9.96. The van der Waals surface area contributed by atoms with Crippen molar-refractivity contribution in [3.8, 4) is 0 Å². The van der Waals surface area contributed by atoms with E-state index >= 15 is 0 Å². The molecule has 19 nitrogen and oxygen atoms in total. The molecule has 0 aromatic carbocycles. The number of aliphatic hydroxyl groups excluding tert-OH is 11. The molecule has 3 saturated heterocycles. The molecule has 414 valence electrons. The molecular formula is C52H93NO18. The minimum absolute atomic E-state index is 0.229. The SMILES string of the molecule is CCCCCCCCCCCC/C=C/CC/C=C/CC/C=C/C(O)C(COC1OC(CO)C(OC2OC(CO)C(OC3OC(CO)C(O)C(O)C3O)C(O)C2O)C(O)C1O)NC(=O)CCCCCCCC. The Kier molecular flexibility index (Phi) is 32.9. The maximum atomic E-state index is 13.1. The summed E-state index contributed by atoms with van der Waals surface area (Å²) >= 11 is 0. The summed E-state index contributed by atoms with van der Waals surface area (Å²) in [5.74, 6) is -0.302. The molecule has 3 aliphatic heterocycles. The smallest absolute Gasteiger partial charge is 0.220 e. The summed E-state index contributed by atoms with van der Waals surface area (Å²) in [5.41, 5.74) is 0. The van der Waals surface area contributed by atoms with E-state index in [9.17, 15) is 61.0 Å². The average Bonchev–Trinajstić information content (AvgIpc) is 3.36. The van der Waals surface area contributed by atoms with Crippen LogP contribution in [0.3, 0.4) is 0 Å². The molecule has 17 atom stereocenters. The second-order valence-electron chi connectivity index (χ2n) is 19.3. The first-order valence-corrected chi connectivity index (χ1v) is 26.7. The summed E-state index contributed by atoms with van der Waals surface area (Å²) in [7, 11) is 0. The highest BCUT2D eigenvalue weighted by Crippen LogP contribution is 2.33. The molecule has 3 fully saturated rings. The molecule has 19 heteroatoms. The number of rotatable bonds is 37. The largest absolute Gasteiger partial charge is 0.394 e. The Morgan fingerprint density at radius 2 is 0.901 bits per heavy atom. The number of aliphatic hydroxyl groups is 11. The quantitative estimate of drug-likeness (QED) is 0.0314. The first-order chi connectivity index (χ1) is 34.3. The van der Waals surface area contributed by atoms with E-state index in [1.54, 1.807) is 6.08 Å². The Labute approximate surface area is 421 Å². The van der Waals surface area contributed by atoms with Gasteiger partial charge < -0.3 is 89.9 Å². The fourth-order valence-electron chi connectivity index (χ4n) is 8.93. The van der Waals surface area contributed by atoms with Gasteiger partial charge in [0.05, 0.1) is 38.6 Å². The van der Waals surface area contributed by atoms with Crippen LogP contribution in [0.4, 0.5) is 0 Å². The molecule has 0 spiro atoms. The van der Waals surface area contributed by atoms with E-state index in [4.69, 9.17) is 28.4 Å². The van der Waals surface area contributed by atoms with Gasteiger partial charge in [-0.2, -0.15) is 0 Å². The van der Waals surface area contributed by atoms with E-state index in [0.717, 1.165) is 57.8 Å². The van der Waals surface area contributed by atoms with Gasteiger partial charge in [-0.25, -0.2) is 0 Å². The predicted octanol–water partition coefficient (Wildman–Crippen LogP) is 2.59. The van der Waals surface area contributed by atoms with Crippen molar-refractivity contribution in [2.45, 2.75) is 259 Å². The molecule has 3 heterocycles. The van der Waals surface area contributed by atoms with Gasteiger partial charge in [0.1, 0.15) is 73.2 Å². The van der Waals surface area contributed by atoms with Gasteiger partial charge in [0.25, 0.3) is 0 Å². The summed E-state index contributed by atoms with van der Waals surface area (Å²) < 4.78 is 34.0. The van der Waals surface area contributed by atoms with Crippen molar-refractivity contribution < 1.29 is 89.4 Å². The van der Waals surface area contributed by atoms with Crippen molar-refractivity contribution >= 4 is 5.91 Å². The molecule has 0 radical (unpaired) electrons. The van der Waals surface area contributed by atoms with Crippen LogP contribution in [-0.4, -0.2) is 193 Å². The van der Waals surface area contributed by atoms with Gasteiger partial charge >= 0.3 is 0 Å². The molecule has 71 heavy (non-hydrogen) atoms. The monoisotopic (exact) mass is 1020 g/mol. The molecule has 3 aliphatic rings. The zero-order valence-corrected chi connectivity index (χ0v) is 42.4. The van der Waals surface area contributed by atoms with Crippen molar-refractivity contribution in [2.75, 3.05) is 26.4 Å². The molecular weight excluding hydrogens is 927 g/mol. The van der Waals surface area contributed by atoms with Crippen molar-refractivity contribution in [2.24, 2.45) is 0 Å². The zero-order chi connectivity index (χ0) is 52.0. The standard InChI is InChI=1S/C52H93NO18/c1-3-5-7-9-11-12-13-14-15-16-17-18-19-20-21-22-23-24-25-27-29-36(57)35(53-40(58)30-28-26-10-8-6-4-2)34-66-50-46(64)43(61)48(38(32-55)68-50)71-52-47(65)44(62)49(39(33-56)69-52)70-51-45(63)42(60)41(59)37(31-54)67-51/h18-19,22-23,27,29,35-39,41-52,54-57,59-65H,3-17,20-21,24-26,28,30-34H2,1-2H3,(H,53,58)/b19-18+,23-22+,29-27+. The van der Waals surface area contributed by atoms with Crippen molar-refractivity contribution in [1.29, 1.82) is 0 Å². The molecule has 12 N–H and O–H groups in total. The molecule has 3 rings (SSSR count). The summed E-state index contributed by atoms with van der Waals surface area (Å²) in [6, 6.07) is -0.989. The van der Waals surface area contributed by atoms with Crippen LogP contribution in [0, 0.1) is 0 Å². The van der Waals surface area contributed by atoms with E-state index < -0.39 is 124 Å². The Balaban J connectivity index is 1.52. The molecule has 0 aliphatic carbocycles. The Morgan fingerprint density at radius 1 is 0.493 bits per heavy atom. The predicted molar refractivity (Wildman–Crippen MR) is 263 cm³/mol. The van der Waals surface area contributed by atoms with Crippen LogP contribution >= 0.6 is 0 Å². The summed E-state index contributed by atoms with van der Waals surface area (Å²) in [4.78, 5) is 13.1. The topological polar surface area (TPSA) is 307 Å². The zero-order valence-electron chi connectivity index (χ0n) is 42.4. The van der Waals surface area contributed by atoms with Crippen LogP contribution in [0.1, 0.15) is 155 Å². The van der Waals surface area contributed by atoms with Gasteiger partial charge in [-0.05, 0) is 44.9 Å². The number of unbranched alkanes of at least 4 members (excludes halogenated alkanes) is 17. The number of nitrogens with one attached hydrogen (secondary N) is 1. The molecule has 0 aromatic rings. The third-order valence-electron chi connectivity index (χ3n) is 13.4. The molecule has 0 bridgehead atoms. The number of ether oxygens (including phenoxy) is 6. The second-order valence-corrected chi connectivity index (χ2v) is 19.3. The number of hydrogen-bond acceptors (Lipinski definition) is 18. The summed E-state index contributed by atoms with van der Waals surface area (Å²) in [6.07, 6.45) is 9.12. The lowest BCUT2D eigenvalue weighted by molar-refractivity contribution is -0.379. The normalized spacial score (nSPS) is 32.5. The van der Waals surface area contributed by atoms with E-state index in [1.165, 1.54) is 64.2 Å². The van der Waals surface area contributed by atoms with Crippen LogP contribution < -0.4 is 5.32 Å². The van der Waals surface area contributed by atoms with Crippen molar-refractivity contribution in [3.63, 3.8) is 0 Å². The van der Waals surface area contributed by atoms with E-state index in [1.807, 2.05) is 6.08 Å². The van der Waals surface area contributed by atoms with Gasteiger partial charge in [-0.3, -0.25) is 4.79 Å². The fraction of sp³-hybridized carbons (Fsp3) is 0.865. The lowest BCUT2D eigenvalue weighted by Crippen LogP contribution is -2.66. The number of carbonyl (C=O) groups excluding carboxylic acids is 1. The van der Waals surface area contributed by atoms with Crippen molar-refractivity contribution in [3.05, 3.63) is 36.5 Å².